The molecule has 0 aliphatic carbocycles. The first-order chi connectivity index (χ1) is 21.4. The molecule has 0 spiro atoms. The Hall–Kier alpha value is -5.11. The molecule has 1 aliphatic heterocycles. The van der Waals surface area contributed by atoms with E-state index in [1.807, 2.05) is 0 Å². The van der Waals surface area contributed by atoms with Crippen molar-refractivity contribution in [2.24, 2.45) is 0 Å². The molecule has 238 valence electrons. The molecule has 13 heteroatoms. The van der Waals surface area contributed by atoms with Gasteiger partial charge in [-0.2, -0.15) is 0 Å². The van der Waals surface area contributed by atoms with Crippen molar-refractivity contribution >= 4 is 23.8 Å². The maximum Gasteiger partial charge on any atom is 0.339 e. The largest absolute Gasteiger partial charge is 0.508 e. The second kappa shape index (κ2) is 14.6. The van der Waals surface area contributed by atoms with Gasteiger partial charge in [0.15, 0.2) is 23.4 Å². The number of ether oxygens (including phenoxy) is 4. The Morgan fingerprint density at radius 1 is 0.889 bits per heavy atom. The van der Waals surface area contributed by atoms with Crippen molar-refractivity contribution in [3.05, 3.63) is 83.4 Å². The van der Waals surface area contributed by atoms with E-state index in [0.29, 0.717) is 18.4 Å². The van der Waals surface area contributed by atoms with Crippen molar-refractivity contribution in [3.63, 3.8) is 0 Å². The maximum absolute atomic E-state index is 12.9. The molecule has 5 atom stereocenters. The zero-order chi connectivity index (χ0) is 32.7. The van der Waals surface area contributed by atoms with Crippen LogP contribution in [0.5, 0.6) is 28.7 Å². The number of aryl methyl sites for hydroxylation is 1. The number of aliphatic hydroxyl groups is 2. The van der Waals surface area contributed by atoms with Crippen LogP contribution in [0.1, 0.15) is 34.8 Å². The average molecular weight is 625 g/mol. The Morgan fingerprint density at radius 3 is 2.16 bits per heavy atom. The van der Waals surface area contributed by atoms with Crippen LogP contribution in [0.2, 0.25) is 0 Å². The predicted octanol–water partition coefficient (Wildman–Crippen LogP) is 2.34. The molecule has 0 amide bonds. The third-order valence-corrected chi connectivity index (χ3v) is 6.83. The Labute approximate surface area is 257 Å². The smallest absolute Gasteiger partial charge is 0.339 e. The first-order valence-electron chi connectivity index (χ1n) is 13.8. The van der Waals surface area contributed by atoms with E-state index in [4.69, 9.17) is 18.9 Å². The molecule has 1 saturated heterocycles. The summed E-state index contributed by atoms with van der Waals surface area (Å²) in [4.78, 5) is 36.5. The summed E-state index contributed by atoms with van der Waals surface area (Å²) < 4.78 is 22.2. The van der Waals surface area contributed by atoms with Gasteiger partial charge in [0.25, 0.3) is 0 Å². The number of aromatic hydroxyl groups is 4. The fourth-order valence-corrected chi connectivity index (χ4v) is 4.33. The highest BCUT2D eigenvalue weighted by Crippen LogP contribution is 2.36. The number of aliphatic hydroxyl groups excluding tert-OH is 2. The van der Waals surface area contributed by atoms with E-state index in [-0.39, 0.29) is 17.3 Å². The van der Waals surface area contributed by atoms with E-state index in [1.165, 1.54) is 25.1 Å². The van der Waals surface area contributed by atoms with Crippen LogP contribution in [-0.4, -0.2) is 85.7 Å². The summed E-state index contributed by atoms with van der Waals surface area (Å²) >= 11 is 0. The highest BCUT2D eigenvalue weighted by molar-refractivity contribution is 5.91. The van der Waals surface area contributed by atoms with Crippen LogP contribution in [0, 0.1) is 0 Å². The highest BCUT2D eigenvalue weighted by atomic mass is 16.7. The number of phenolic OH excluding ortho intramolecular Hbond substituents is 4. The number of benzene rings is 3. The van der Waals surface area contributed by atoms with E-state index in [2.05, 4.69) is 0 Å². The number of phenols is 4. The summed E-state index contributed by atoms with van der Waals surface area (Å²) in [6.07, 6.45) is -4.69. The molecule has 3 aromatic rings. The predicted molar refractivity (Wildman–Crippen MR) is 155 cm³/mol. The fourth-order valence-electron chi connectivity index (χ4n) is 4.33. The summed E-state index contributed by atoms with van der Waals surface area (Å²) in [6.45, 7) is 0.959. The number of hydrogen-bond donors (Lipinski definition) is 6. The van der Waals surface area contributed by atoms with Crippen LogP contribution in [0.25, 0.3) is 6.08 Å². The first-order valence-corrected chi connectivity index (χ1v) is 13.8. The van der Waals surface area contributed by atoms with Crippen LogP contribution in [0.4, 0.5) is 0 Å². The molecule has 1 fully saturated rings. The van der Waals surface area contributed by atoms with Gasteiger partial charge in [0.1, 0.15) is 42.2 Å². The molecule has 6 N–H and O–H groups in total. The van der Waals surface area contributed by atoms with Gasteiger partial charge in [0, 0.05) is 12.5 Å². The zero-order valence-electron chi connectivity index (χ0n) is 24.0. The second-order valence-corrected chi connectivity index (χ2v) is 10.3. The minimum atomic E-state index is -1.82. The lowest BCUT2D eigenvalue weighted by Crippen LogP contribution is -2.61. The van der Waals surface area contributed by atoms with E-state index in [9.17, 15) is 45.0 Å². The molecule has 0 aromatic heterocycles. The summed E-state index contributed by atoms with van der Waals surface area (Å²) in [7, 11) is 0. The monoisotopic (exact) mass is 624 g/mol. The van der Waals surface area contributed by atoms with Crippen molar-refractivity contribution < 1.29 is 64.0 Å². The van der Waals surface area contributed by atoms with E-state index < -0.39 is 72.1 Å². The minimum absolute atomic E-state index is 0.0287. The van der Waals surface area contributed by atoms with Gasteiger partial charge >= 0.3 is 11.9 Å². The molecule has 4 rings (SSSR count). The van der Waals surface area contributed by atoms with Crippen molar-refractivity contribution in [1.29, 1.82) is 0 Å². The van der Waals surface area contributed by atoms with Crippen LogP contribution >= 0.6 is 0 Å². The third-order valence-electron chi connectivity index (χ3n) is 6.83. The van der Waals surface area contributed by atoms with Gasteiger partial charge in [0.05, 0.1) is 5.56 Å². The molecule has 45 heavy (non-hydrogen) atoms. The van der Waals surface area contributed by atoms with Crippen LogP contribution in [-0.2, 0) is 30.2 Å². The van der Waals surface area contributed by atoms with Crippen molar-refractivity contribution in [1.82, 2.24) is 0 Å². The molecule has 0 bridgehead atoms. The SMILES string of the molecule is CC(=O)CCc1ccc(OC2OC(COC(=O)/C=C/c3ccc(O)cc3)C(O)C(O)C2OC(=O)c2cc(O)c(O)c(O)c2)cc1. The number of Topliss-reactive ketones (excluding diaryl/α,β-unsaturated/α-hetero) is 1. The third kappa shape index (κ3) is 8.72. The van der Waals surface area contributed by atoms with E-state index in [1.54, 1.807) is 36.4 Å². The lowest BCUT2D eigenvalue weighted by atomic mass is 9.99. The molecule has 3 aromatic carbocycles. The number of rotatable bonds is 11. The molecule has 1 heterocycles. The molecule has 5 unspecified atom stereocenters. The lowest BCUT2D eigenvalue weighted by molar-refractivity contribution is -0.277. The highest BCUT2D eigenvalue weighted by Gasteiger charge is 2.48. The number of hydrogen-bond acceptors (Lipinski definition) is 13. The number of carbonyl (C=O) groups is 3. The molecule has 0 saturated carbocycles. The van der Waals surface area contributed by atoms with Crippen molar-refractivity contribution in [2.75, 3.05) is 6.61 Å². The molecular weight excluding hydrogens is 592 g/mol. The minimum Gasteiger partial charge on any atom is -0.508 e. The fraction of sp³-hybridized carbons (Fsp3) is 0.281. The van der Waals surface area contributed by atoms with Gasteiger partial charge < -0.3 is 54.4 Å². The normalized spacial score (nSPS) is 21.3. The average Bonchev–Trinajstić information content (AvgIpc) is 3.01. The number of carbonyl (C=O) groups excluding carboxylic acids is 3. The van der Waals surface area contributed by atoms with Crippen LogP contribution in [0.3, 0.4) is 0 Å². The molecule has 0 radical (unpaired) electrons. The Bertz CT molecular complexity index is 1510. The van der Waals surface area contributed by atoms with Gasteiger partial charge in [-0.3, -0.25) is 0 Å². The Balaban J connectivity index is 1.50. The standard InChI is InChI=1S/C32H32O13/c1-17(33)2-3-18-6-11-22(12-7-18)43-32-30(45-31(41)20-14-23(35)27(38)24(36)15-20)29(40)28(39)25(44-32)16-42-26(37)13-8-19-4-9-21(34)10-5-19/h4-15,25,28-30,32,34-36,38-40H,2-3,16H2,1H3/b13-8+. The van der Waals surface area contributed by atoms with Crippen LogP contribution < -0.4 is 4.74 Å². The summed E-state index contributed by atoms with van der Waals surface area (Å²) in [5.41, 5.74) is 1.06. The van der Waals surface area contributed by atoms with Gasteiger partial charge in [-0.05, 0) is 66.9 Å². The molecule has 13 nitrogen and oxygen atoms in total. The Morgan fingerprint density at radius 2 is 1.53 bits per heavy atom. The number of esters is 2. The summed E-state index contributed by atoms with van der Waals surface area (Å²) in [6, 6.07) is 14.2. The van der Waals surface area contributed by atoms with Gasteiger partial charge in [0.2, 0.25) is 6.29 Å². The maximum atomic E-state index is 12.9. The second-order valence-electron chi connectivity index (χ2n) is 10.3. The topological polar surface area (TPSA) is 210 Å². The van der Waals surface area contributed by atoms with E-state index in [0.717, 1.165) is 23.8 Å². The van der Waals surface area contributed by atoms with Gasteiger partial charge in [-0.1, -0.05) is 24.3 Å². The van der Waals surface area contributed by atoms with Crippen LogP contribution in [0.15, 0.2) is 66.7 Å². The van der Waals surface area contributed by atoms with Crippen molar-refractivity contribution in [3.8, 4) is 28.7 Å². The zero-order valence-corrected chi connectivity index (χ0v) is 24.0. The summed E-state index contributed by atoms with van der Waals surface area (Å²) in [5.74, 6) is -4.13. The van der Waals surface area contributed by atoms with E-state index >= 15 is 0 Å². The van der Waals surface area contributed by atoms with Gasteiger partial charge in [-0.25, -0.2) is 9.59 Å². The summed E-state index contributed by atoms with van der Waals surface area (Å²) in [5, 5.41) is 60.3. The lowest BCUT2D eigenvalue weighted by Gasteiger charge is -2.41. The molecule has 1 aliphatic rings. The quantitative estimate of drug-likeness (QED) is 0.103. The van der Waals surface area contributed by atoms with Gasteiger partial charge in [-0.15, -0.1) is 0 Å². The molecular formula is C32H32O13. The van der Waals surface area contributed by atoms with Crippen molar-refractivity contribution in [2.45, 2.75) is 50.5 Å². The first kappa shape index (κ1) is 32.8. The Kier molecular flexibility index (Phi) is 10.6. The number of ketones is 1.